The number of amides is 4. The summed E-state index contributed by atoms with van der Waals surface area (Å²) in [6.07, 6.45) is -0.520. The van der Waals surface area contributed by atoms with Gasteiger partial charge in [0.25, 0.3) is 11.7 Å². The van der Waals surface area contributed by atoms with Gasteiger partial charge in [-0.15, -0.1) is 0 Å². The molecule has 3 atom stereocenters. The SMILES string of the molecule is CC(C)(C)OC(=O)CN[C@H](Cc1ccccc1)C(=O)O.CC(C)(C)OC(=O)N[C@@H](Cc1ccccc1)C(=O)C(=O)NCNC(=O)N[C@H](Cc1ccccc1)C(=O)C(=O)OC(C)(C)C.CN. The van der Waals surface area contributed by atoms with E-state index in [0.29, 0.717) is 17.5 Å². The molecule has 0 aromatic heterocycles. The quantitative estimate of drug-likeness (QED) is 0.0415. The summed E-state index contributed by atoms with van der Waals surface area (Å²) in [5.41, 5.74) is 4.47. The number of hydrogen-bond donors (Lipinski definition) is 7. The summed E-state index contributed by atoms with van der Waals surface area (Å²) in [5, 5.41) is 21.4. The van der Waals surface area contributed by atoms with E-state index in [0.717, 1.165) is 5.56 Å². The Morgan fingerprint density at radius 2 is 0.938 bits per heavy atom. The van der Waals surface area contributed by atoms with Gasteiger partial charge >= 0.3 is 30.0 Å². The van der Waals surface area contributed by atoms with Crippen molar-refractivity contribution in [2.24, 2.45) is 5.73 Å². The zero-order valence-electron chi connectivity index (χ0n) is 38.9. The number of carbonyl (C=O) groups excluding carboxylic acids is 7. The molecule has 8 N–H and O–H groups in total. The van der Waals surface area contributed by atoms with Gasteiger partial charge in [-0.05, 0) is 92.5 Å². The van der Waals surface area contributed by atoms with Gasteiger partial charge in [-0.25, -0.2) is 14.4 Å². The van der Waals surface area contributed by atoms with E-state index < -0.39 is 89.1 Å². The second-order valence-corrected chi connectivity index (χ2v) is 17.2. The second-order valence-electron chi connectivity index (χ2n) is 17.2. The van der Waals surface area contributed by atoms with Crippen LogP contribution in [0.1, 0.15) is 79.0 Å². The van der Waals surface area contributed by atoms with E-state index >= 15 is 0 Å². The van der Waals surface area contributed by atoms with Gasteiger partial charge in [0.2, 0.25) is 5.78 Å². The molecule has 0 bridgehead atoms. The molecule has 0 aliphatic heterocycles. The topological polar surface area (TPSA) is 271 Å². The lowest BCUT2D eigenvalue weighted by molar-refractivity contribution is -0.163. The van der Waals surface area contributed by atoms with E-state index in [9.17, 15) is 38.4 Å². The first kappa shape index (κ1) is 56.4. The first-order valence-electron chi connectivity index (χ1n) is 20.8. The third kappa shape index (κ3) is 25.3. The Morgan fingerprint density at radius 3 is 1.34 bits per heavy atom. The van der Waals surface area contributed by atoms with Crippen molar-refractivity contribution in [3.8, 4) is 0 Å². The highest BCUT2D eigenvalue weighted by molar-refractivity contribution is 6.38. The Morgan fingerprint density at radius 1 is 0.538 bits per heavy atom. The average molecular weight is 907 g/mol. The van der Waals surface area contributed by atoms with Crippen LogP contribution in [-0.2, 0) is 62.2 Å². The van der Waals surface area contributed by atoms with Crippen LogP contribution in [0.3, 0.4) is 0 Å². The number of benzene rings is 3. The fraction of sp³-hybridized carbons (Fsp3) is 0.447. The van der Waals surface area contributed by atoms with Crippen molar-refractivity contribution in [3.63, 3.8) is 0 Å². The first-order chi connectivity index (χ1) is 30.3. The molecule has 0 aliphatic carbocycles. The lowest BCUT2D eigenvalue weighted by Crippen LogP contribution is -2.54. The van der Waals surface area contributed by atoms with Crippen LogP contribution in [0.4, 0.5) is 9.59 Å². The third-order valence-electron chi connectivity index (χ3n) is 8.01. The number of carboxylic acid groups (broad SMARTS) is 1. The number of ether oxygens (including phenoxy) is 3. The van der Waals surface area contributed by atoms with E-state index in [1.54, 1.807) is 123 Å². The van der Waals surface area contributed by atoms with Crippen LogP contribution in [0.2, 0.25) is 0 Å². The highest BCUT2D eigenvalue weighted by Crippen LogP contribution is 2.12. The number of urea groups is 1. The Labute approximate surface area is 381 Å². The van der Waals surface area contributed by atoms with Crippen molar-refractivity contribution in [1.82, 2.24) is 26.6 Å². The maximum absolute atomic E-state index is 13.0. The number of nitrogens with two attached hydrogens (primary N) is 1. The number of rotatable bonds is 18. The van der Waals surface area contributed by atoms with Crippen molar-refractivity contribution >= 4 is 47.5 Å². The molecule has 18 heteroatoms. The van der Waals surface area contributed by atoms with Crippen molar-refractivity contribution in [3.05, 3.63) is 108 Å². The van der Waals surface area contributed by atoms with Gasteiger partial charge in [-0.1, -0.05) is 91.0 Å². The molecule has 4 amide bonds. The Hall–Kier alpha value is -6.66. The van der Waals surface area contributed by atoms with Gasteiger partial charge in [-0.3, -0.25) is 29.3 Å². The van der Waals surface area contributed by atoms with E-state index in [1.807, 2.05) is 30.3 Å². The second kappa shape index (κ2) is 27.5. The summed E-state index contributed by atoms with van der Waals surface area (Å²) >= 11 is 0. The number of aliphatic carboxylic acids is 1. The fourth-order valence-electron chi connectivity index (χ4n) is 5.38. The van der Waals surface area contributed by atoms with Crippen molar-refractivity contribution in [1.29, 1.82) is 0 Å². The molecule has 0 unspecified atom stereocenters. The summed E-state index contributed by atoms with van der Waals surface area (Å²) in [4.78, 5) is 98.7. The highest BCUT2D eigenvalue weighted by atomic mass is 16.6. The smallest absolute Gasteiger partial charge is 0.408 e. The van der Waals surface area contributed by atoms with Crippen LogP contribution in [-0.4, -0.2) is 108 Å². The van der Waals surface area contributed by atoms with Crippen molar-refractivity contribution in [2.75, 3.05) is 20.3 Å². The highest BCUT2D eigenvalue weighted by Gasteiger charge is 2.32. The van der Waals surface area contributed by atoms with Gasteiger partial charge < -0.3 is 46.3 Å². The largest absolute Gasteiger partial charge is 0.480 e. The molecular weight excluding hydrogens is 841 g/mol. The summed E-state index contributed by atoms with van der Waals surface area (Å²) in [5.74, 6) is -5.53. The normalized spacial score (nSPS) is 12.4. The van der Waals surface area contributed by atoms with E-state index in [-0.39, 0.29) is 19.4 Å². The number of ketones is 2. The predicted octanol–water partition coefficient (Wildman–Crippen LogP) is 3.78. The Kier molecular flexibility index (Phi) is 23.9. The molecule has 3 rings (SSSR count). The minimum absolute atomic E-state index is 0.00861. The van der Waals surface area contributed by atoms with E-state index in [4.69, 9.17) is 19.3 Å². The molecule has 18 nitrogen and oxygen atoms in total. The van der Waals surface area contributed by atoms with Gasteiger partial charge in [0.15, 0.2) is 0 Å². The van der Waals surface area contributed by atoms with Crippen LogP contribution in [0.5, 0.6) is 0 Å². The molecule has 3 aromatic rings. The maximum Gasteiger partial charge on any atom is 0.408 e. The molecule has 356 valence electrons. The van der Waals surface area contributed by atoms with Gasteiger partial charge in [0.1, 0.15) is 34.9 Å². The molecule has 0 saturated heterocycles. The van der Waals surface area contributed by atoms with Crippen molar-refractivity contribution < 1.29 is 57.7 Å². The van der Waals surface area contributed by atoms with Gasteiger partial charge in [0.05, 0.1) is 13.2 Å². The monoisotopic (exact) mass is 906 g/mol. The summed E-state index contributed by atoms with van der Waals surface area (Å²) < 4.78 is 15.5. The molecular formula is C47H66N6O12. The van der Waals surface area contributed by atoms with Gasteiger partial charge in [-0.2, -0.15) is 0 Å². The number of Topliss-reactive ketones (excluding diaryl/α,β-unsaturated/α-hetero) is 2. The minimum atomic E-state index is -1.26. The molecule has 0 fully saturated rings. The van der Waals surface area contributed by atoms with E-state index in [1.165, 1.54) is 7.05 Å². The summed E-state index contributed by atoms with van der Waals surface area (Å²) in [7, 11) is 1.50. The van der Waals surface area contributed by atoms with Gasteiger partial charge in [0, 0.05) is 12.8 Å². The first-order valence-corrected chi connectivity index (χ1v) is 20.8. The number of nitrogens with one attached hydrogen (secondary N) is 5. The van der Waals surface area contributed by atoms with Crippen LogP contribution in [0.15, 0.2) is 91.0 Å². The lowest BCUT2D eigenvalue weighted by Gasteiger charge is -2.23. The van der Waals surface area contributed by atoms with Crippen molar-refractivity contribution in [2.45, 2.75) is 117 Å². The lowest BCUT2D eigenvalue weighted by atomic mass is 10.0. The number of carboxylic acids is 1. The minimum Gasteiger partial charge on any atom is -0.480 e. The molecule has 0 heterocycles. The molecule has 0 aliphatic rings. The average Bonchev–Trinajstić information content (AvgIpc) is 3.21. The Bertz CT molecular complexity index is 1990. The fourth-order valence-corrected chi connectivity index (χ4v) is 5.38. The number of carbonyl (C=O) groups is 8. The van der Waals surface area contributed by atoms with Crippen LogP contribution < -0.4 is 32.3 Å². The van der Waals surface area contributed by atoms with Crippen LogP contribution in [0, 0.1) is 0 Å². The predicted molar refractivity (Wildman–Crippen MR) is 243 cm³/mol. The standard InChI is InChI=1S/C31H40N4O8.C15H21NO4.CH5N/c1-30(2,3)42-27(39)25(37)23(18-21-15-11-8-12-16-21)34-28(40)33-19-32-26(38)24(36)22(17-20-13-9-7-10-14-20)35-29(41)43-31(4,5)6;1-15(2,3)20-13(17)10-16-12(14(18)19)9-11-7-5-4-6-8-11;1-2/h7-16,22-23H,17-19H2,1-6H3,(H,32,38)(H,35,41)(H2,33,34,40);4-8,12,16H,9-10H2,1-3H3,(H,18,19);2H2,1H3/t22-,23+;12-;/m01./s1. The summed E-state index contributed by atoms with van der Waals surface area (Å²) in [6.45, 7) is 14.5. The Balaban J connectivity index is 0.000000800. The molecule has 0 saturated carbocycles. The van der Waals surface area contributed by atoms with Crippen LogP contribution >= 0.6 is 0 Å². The summed E-state index contributed by atoms with van der Waals surface area (Å²) in [6, 6.07) is 22.6. The molecule has 65 heavy (non-hydrogen) atoms. The van der Waals surface area contributed by atoms with Crippen LogP contribution in [0.25, 0.3) is 0 Å². The number of hydrogen-bond acceptors (Lipinski definition) is 13. The number of alkyl carbamates (subject to hydrolysis) is 1. The zero-order valence-corrected chi connectivity index (χ0v) is 38.9. The molecule has 0 spiro atoms. The molecule has 0 radical (unpaired) electrons. The van der Waals surface area contributed by atoms with E-state index in [2.05, 4.69) is 32.3 Å². The maximum atomic E-state index is 13.0. The zero-order chi connectivity index (χ0) is 49.4. The third-order valence-corrected chi connectivity index (χ3v) is 8.01. The number of esters is 2. The molecule has 3 aromatic carbocycles.